The molecule has 1 fully saturated rings. The molecule has 0 N–H and O–H groups in total. The number of ether oxygens (including phenoxy) is 2. The van der Waals surface area contributed by atoms with Crippen LogP contribution in [0.1, 0.15) is 43.5 Å². The molecular formula is C17H23NO3. The third kappa shape index (κ3) is 3.38. The molecule has 2 heterocycles. The van der Waals surface area contributed by atoms with Crippen LogP contribution in [0.2, 0.25) is 0 Å². The molecule has 0 bridgehead atoms. The minimum absolute atomic E-state index is 0.160. The number of fused-ring (bicyclic) bond motifs is 1. The lowest BCUT2D eigenvalue weighted by molar-refractivity contribution is 0.0930. The number of hydrogen-bond acceptors (Lipinski definition) is 4. The van der Waals surface area contributed by atoms with Gasteiger partial charge in [0, 0.05) is 5.56 Å². The van der Waals surface area contributed by atoms with Crippen molar-refractivity contribution in [2.75, 3.05) is 26.4 Å². The molecule has 1 aromatic rings. The largest absolute Gasteiger partial charge is 0.454 e. The first-order valence-corrected chi connectivity index (χ1v) is 7.69. The van der Waals surface area contributed by atoms with Crippen molar-refractivity contribution in [1.82, 2.24) is 4.90 Å². The first-order valence-electron chi connectivity index (χ1n) is 7.69. The smallest absolute Gasteiger partial charge is 0.231 e. The van der Waals surface area contributed by atoms with Crippen LogP contribution in [0.25, 0.3) is 0 Å². The minimum atomic E-state index is 0.160. The van der Waals surface area contributed by atoms with E-state index in [9.17, 15) is 4.79 Å². The topological polar surface area (TPSA) is 38.8 Å². The van der Waals surface area contributed by atoms with Crippen molar-refractivity contribution in [3.05, 3.63) is 23.8 Å². The molecule has 2 aliphatic heterocycles. The normalized spacial score (nSPS) is 21.0. The summed E-state index contributed by atoms with van der Waals surface area (Å²) in [5.74, 6) is 1.56. The molecule has 0 atom stereocenters. The molecular weight excluding hydrogens is 266 g/mol. The van der Waals surface area contributed by atoms with Crippen molar-refractivity contribution in [3.8, 4) is 11.5 Å². The van der Waals surface area contributed by atoms with Gasteiger partial charge < -0.3 is 9.47 Å². The number of benzene rings is 1. The Labute approximate surface area is 126 Å². The Bertz CT molecular complexity index is 539. The third-order valence-electron chi connectivity index (χ3n) is 4.49. The van der Waals surface area contributed by atoms with Crippen molar-refractivity contribution >= 4 is 5.78 Å². The van der Waals surface area contributed by atoms with Gasteiger partial charge in [0.05, 0.1) is 6.54 Å². The maximum absolute atomic E-state index is 12.4. The highest BCUT2D eigenvalue weighted by Crippen LogP contribution is 2.33. The first kappa shape index (κ1) is 14.4. The number of likely N-dealkylation sites (tertiary alicyclic amines) is 1. The lowest BCUT2D eigenvalue weighted by atomic mass is 9.85. The quantitative estimate of drug-likeness (QED) is 0.801. The van der Waals surface area contributed by atoms with Gasteiger partial charge in [-0.3, -0.25) is 9.69 Å². The fourth-order valence-corrected chi connectivity index (χ4v) is 3.00. The van der Waals surface area contributed by atoms with Crippen LogP contribution in [0, 0.1) is 5.41 Å². The Morgan fingerprint density at radius 1 is 1.19 bits per heavy atom. The molecule has 3 rings (SSSR count). The zero-order valence-corrected chi connectivity index (χ0v) is 12.9. The summed E-state index contributed by atoms with van der Waals surface area (Å²) >= 11 is 0. The van der Waals surface area contributed by atoms with Gasteiger partial charge in [-0.05, 0) is 56.0 Å². The average molecular weight is 289 g/mol. The van der Waals surface area contributed by atoms with E-state index in [1.54, 1.807) is 6.07 Å². The van der Waals surface area contributed by atoms with Crippen LogP contribution >= 0.6 is 0 Å². The number of Topliss-reactive ketones (excluding diaryl/α,β-unsaturated/α-hetero) is 1. The molecule has 4 nitrogen and oxygen atoms in total. The van der Waals surface area contributed by atoms with Gasteiger partial charge >= 0.3 is 0 Å². The Kier molecular flexibility index (Phi) is 3.89. The van der Waals surface area contributed by atoms with E-state index in [2.05, 4.69) is 18.7 Å². The van der Waals surface area contributed by atoms with Gasteiger partial charge in [0.2, 0.25) is 6.79 Å². The van der Waals surface area contributed by atoms with Gasteiger partial charge in [-0.1, -0.05) is 13.8 Å². The predicted octanol–water partition coefficient (Wildman–Crippen LogP) is 3.11. The number of hydrogen-bond donors (Lipinski definition) is 0. The molecule has 21 heavy (non-hydrogen) atoms. The lowest BCUT2D eigenvalue weighted by Crippen LogP contribution is -2.31. The van der Waals surface area contributed by atoms with Crippen molar-refractivity contribution in [2.45, 2.75) is 33.1 Å². The summed E-state index contributed by atoms with van der Waals surface area (Å²) in [6.07, 6.45) is 3.56. The summed E-state index contributed by atoms with van der Waals surface area (Å²) in [4.78, 5) is 14.7. The highest BCUT2D eigenvalue weighted by molar-refractivity contribution is 5.98. The van der Waals surface area contributed by atoms with Gasteiger partial charge in [0.25, 0.3) is 0 Å². The van der Waals surface area contributed by atoms with Gasteiger partial charge in [-0.2, -0.15) is 0 Å². The van der Waals surface area contributed by atoms with E-state index >= 15 is 0 Å². The molecule has 0 amide bonds. The number of carbonyl (C=O) groups is 1. The highest BCUT2D eigenvalue weighted by Gasteiger charge is 2.24. The first-order chi connectivity index (χ1) is 10.0. The van der Waals surface area contributed by atoms with Gasteiger partial charge in [0.15, 0.2) is 17.3 Å². The summed E-state index contributed by atoms with van der Waals surface area (Å²) in [6, 6.07) is 5.45. The van der Waals surface area contributed by atoms with Crippen LogP contribution in [0.5, 0.6) is 11.5 Å². The Hall–Kier alpha value is -1.55. The van der Waals surface area contributed by atoms with Crippen molar-refractivity contribution in [2.24, 2.45) is 5.41 Å². The van der Waals surface area contributed by atoms with E-state index in [4.69, 9.17) is 9.47 Å². The molecule has 0 saturated carbocycles. The standard InChI is InChI=1S/C17H23NO3/c1-17(2)6-3-8-18(9-7-17)11-14(19)13-4-5-15-16(10-13)21-12-20-15/h4-5,10H,3,6-9,11-12H2,1-2H3. The van der Waals surface area contributed by atoms with Crippen LogP contribution in [-0.4, -0.2) is 37.1 Å². The van der Waals surface area contributed by atoms with E-state index in [1.165, 1.54) is 12.8 Å². The van der Waals surface area contributed by atoms with E-state index in [0.29, 0.717) is 23.3 Å². The average Bonchev–Trinajstić information content (AvgIpc) is 2.84. The summed E-state index contributed by atoms with van der Waals surface area (Å²) in [5, 5.41) is 0. The number of ketones is 1. The van der Waals surface area contributed by atoms with E-state index in [1.807, 2.05) is 12.1 Å². The number of rotatable bonds is 3. The van der Waals surface area contributed by atoms with E-state index < -0.39 is 0 Å². The molecule has 0 spiro atoms. The van der Waals surface area contributed by atoms with Crippen LogP contribution in [0.15, 0.2) is 18.2 Å². The Morgan fingerprint density at radius 3 is 2.86 bits per heavy atom. The van der Waals surface area contributed by atoms with Crippen LogP contribution in [0.4, 0.5) is 0 Å². The molecule has 2 aliphatic rings. The lowest BCUT2D eigenvalue weighted by Gasteiger charge is -2.22. The molecule has 4 heteroatoms. The van der Waals surface area contributed by atoms with Crippen LogP contribution < -0.4 is 9.47 Å². The van der Waals surface area contributed by atoms with E-state index in [0.717, 1.165) is 25.3 Å². The zero-order valence-electron chi connectivity index (χ0n) is 12.9. The molecule has 0 unspecified atom stereocenters. The molecule has 1 aromatic carbocycles. The second kappa shape index (κ2) is 5.68. The Balaban J connectivity index is 1.63. The minimum Gasteiger partial charge on any atom is -0.454 e. The van der Waals surface area contributed by atoms with Crippen LogP contribution in [0.3, 0.4) is 0 Å². The van der Waals surface area contributed by atoms with E-state index in [-0.39, 0.29) is 12.6 Å². The molecule has 0 radical (unpaired) electrons. The maximum Gasteiger partial charge on any atom is 0.231 e. The summed E-state index contributed by atoms with van der Waals surface area (Å²) < 4.78 is 10.6. The fraction of sp³-hybridized carbons (Fsp3) is 0.588. The molecule has 1 saturated heterocycles. The zero-order chi connectivity index (χ0) is 14.9. The third-order valence-corrected chi connectivity index (χ3v) is 4.49. The highest BCUT2D eigenvalue weighted by atomic mass is 16.7. The predicted molar refractivity (Wildman–Crippen MR) is 81.0 cm³/mol. The van der Waals surface area contributed by atoms with Gasteiger partial charge in [0.1, 0.15) is 0 Å². The van der Waals surface area contributed by atoms with Gasteiger partial charge in [-0.25, -0.2) is 0 Å². The van der Waals surface area contributed by atoms with Crippen molar-refractivity contribution < 1.29 is 14.3 Å². The Morgan fingerprint density at radius 2 is 2.00 bits per heavy atom. The number of carbonyl (C=O) groups excluding carboxylic acids is 1. The summed E-state index contributed by atoms with van der Waals surface area (Å²) in [7, 11) is 0. The second-order valence-corrected chi connectivity index (χ2v) is 6.79. The second-order valence-electron chi connectivity index (χ2n) is 6.79. The summed E-state index contributed by atoms with van der Waals surface area (Å²) in [6.45, 7) is 7.39. The monoisotopic (exact) mass is 289 g/mol. The summed E-state index contributed by atoms with van der Waals surface area (Å²) in [5.41, 5.74) is 1.11. The van der Waals surface area contributed by atoms with Crippen molar-refractivity contribution in [3.63, 3.8) is 0 Å². The SMILES string of the molecule is CC1(C)CCCN(CC(=O)c2ccc3c(c2)OCO3)CC1. The fourth-order valence-electron chi connectivity index (χ4n) is 3.00. The molecule has 0 aromatic heterocycles. The molecule has 0 aliphatic carbocycles. The van der Waals surface area contributed by atoms with Crippen molar-refractivity contribution in [1.29, 1.82) is 0 Å². The number of nitrogens with zero attached hydrogens (tertiary/aromatic N) is 1. The van der Waals surface area contributed by atoms with Gasteiger partial charge in [-0.15, -0.1) is 0 Å². The van der Waals surface area contributed by atoms with Crippen LogP contribution in [-0.2, 0) is 0 Å². The maximum atomic E-state index is 12.4. The molecule has 114 valence electrons.